The molecule has 0 spiro atoms. The Morgan fingerprint density at radius 3 is 2.74 bits per heavy atom. The Morgan fingerprint density at radius 2 is 1.93 bits per heavy atom. The zero-order chi connectivity index (χ0) is 18.7. The molecule has 1 aliphatic carbocycles. The van der Waals surface area contributed by atoms with Crippen molar-refractivity contribution in [2.24, 2.45) is 0 Å². The first-order valence-corrected chi connectivity index (χ1v) is 9.88. The molecule has 142 valence electrons. The standard InChI is InChI=1S/C22H28N4O/c27-21(23-15-7-12-18-8-3-1-4-9-18)20-14-17-25-22(26-20)24-16-13-19-10-5-2-6-11-19/h1,3-4,8-10,14,17H,2,5-7,11-13,15-16H2,(H,23,27)(H,24,25,26). The highest BCUT2D eigenvalue weighted by atomic mass is 16.1. The zero-order valence-electron chi connectivity index (χ0n) is 15.8. The second-order valence-corrected chi connectivity index (χ2v) is 6.90. The van der Waals surface area contributed by atoms with Gasteiger partial charge in [-0.25, -0.2) is 9.97 Å². The number of carbonyl (C=O) groups is 1. The molecule has 0 aliphatic heterocycles. The van der Waals surface area contributed by atoms with Gasteiger partial charge in [0.15, 0.2) is 0 Å². The maximum atomic E-state index is 12.3. The summed E-state index contributed by atoms with van der Waals surface area (Å²) in [4.78, 5) is 20.8. The van der Waals surface area contributed by atoms with Crippen LogP contribution in [0.4, 0.5) is 5.95 Å². The molecule has 0 fully saturated rings. The third-order valence-electron chi connectivity index (χ3n) is 4.77. The first-order chi connectivity index (χ1) is 13.3. The van der Waals surface area contributed by atoms with Crippen LogP contribution < -0.4 is 10.6 Å². The minimum atomic E-state index is -0.150. The van der Waals surface area contributed by atoms with Crippen molar-refractivity contribution < 1.29 is 4.79 Å². The van der Waals surface area contributed by atoms with E-state index in [0.29, 0.717) is 18.2 Å². The van der Waals surface area contributed by atoms with Crippen LogP contribution in [0.25, 0.3) is 0 Å². The van der Waals surface area contributed by atoms with Crippen LogP contribution >= 0.6 is 0 Å². The lowest BCUT2D eigenvalue weighted by molar-refractivity contribution is 0.0948. The fourth-order valence-electron chi connectivity index (χ4n) is 3.27. The minimum absolute atomic E-state index is 0.150. The van der Waals surface area contributed by atoms with Gasteiger partial charge in [0.25, 0.3) is 5.91 Å². The third kappa shape index (κ3) is 6.51. The van der Waals surface area contributed by atoms with E-state index in [1.165, 1.54) is 36.8 Å². The number of rotatable bonds is 9. The fourth-order valence-corrected chi connectivity index (χ4v) is 3.27. The average Bonchev–Trinajstić information content (AvgIpc) is 2.73. The van der Waals surface area contributed by atoms with Crippen LogP contribution in [0.15, 0.2) is 54.2 Å². The zero-order valence-corrected chi connectivity index (χ0v) is 15.8. The highest BCUT2D eigenvalue weighted by molar-refractivity contribution is 5.92. The molecule has 5 nitrogen and oxygen atoms in total. The summed E-state index contributed by atoms with van der Waals surface area (Å²) < 4.78 is 0. The summed E-state index contributed by atoms with van der Waals surface area (Å²) in [5.74, 6) is 0.367. The number of carbonyl (C=O) groups excluding carboxylic acids is 1. The molecule has 3 rings (SSSR count). The van der Waals surface area contributed by atoms with Gasteiger partial charge in [-0.3, -0.25) is 4.79 Å². The molecule has 0 atom stereocenters. The van der Waals surface area contributed by atoms with Crippen molar-refractivity contribution in [2.45, 2.75) is 44.9 Å². The van der Waals surface area contributed by atoms with E-state index in [1.807, 2.05) is 18.2 Å². The number of allylic oxidation sites excluding steroid dienone is 1. The first kappa shape index (κ1) is 19.1. The van der Waals surface area contributed by atoms with E-state index in [2.05, 4.69) is 38.8 Å². The number of amides is 1. The molecule has 1 aliphatic rings. The number of nitrogens with zero attached hydrogens (tertiary/aromatic N) is 2. The molecule has 0 saturated carbocycles. The van der Waals surface area contributed by atoms with Crippen LogP contribution in [-0.2, 0) is 6.42 Å². The highest BCUT2D eigenvalue weighted by Gasteiger charge is 2.09. The van der Waals surface area contributed by atoms with Crippen molar-refractivity contribution >= 4 is 11.9 Å². The second-order valence-electron chi connectivity index (χ2n) is 6.90. The van der Waals surface area contributed by atoms with Crippen LogP contribution in [0.1, 0.15) is 54.6 Å². The van der Waals surface area contributed by atoms with Gasteiger partial charge in [0.05, 0.1) is 0 Å². The molecule has 2 aromatic rings. The van der Waals surface area contributed by atoms with E-state index in [-0.39, 0.29) is 5.91 Å². The van der Waals surface area contributed by atoms with Crippen LogP contribution in [0.2, 0.25) is 0 Å². The fraction of sp³-hybridized carbons (Fsp3) is 0.409. The topological polar surface area (TPSA) is 66.9 Å². The second kappa shape index (κ2) is 10.5. The van der Waals surface area contributed by atoms with Gasteiger partial charge in [0, 0.05) is 19.3 Å². The Kier molecular flexibility index (Phi) is 7.39. The summed E-state index contributed by atoms with van der Waals surface area (Å²) >= 11 is 0. The van der Waals surface area contributed by atoms with E-state index < -0.39 is 0 Å². The van der Waals surface area contributed by atoms with Gasteiger partial charge in [0.1, 0.15) is 5.69 Å². The van der Waals surface area contributed by atoms with Crippen LogP contribution in [0.5, 0.6) is 0 Å². The summed E-state index contributed by atoms with van der Waals surface area (Å²) in [6, 6.07) is 11.9. The molecular formula is C22H28N4O. The van der Waals surface area contributed by atoms with E-state index in [1.54, 1.807) is 12.3 Å². The van der Waals surface area contributed by atoms with Crippen molar-refractivity contribution in [2.75, 3.05) is 18.4 Å². The Morgan fingerprint density at radius 1 is 1.04 bits per heavy atom. The van der Waals surface area contributed by atoms with Crippen molar-refractivity contribution in [3.05, 3.63) is 65.5 Å². The first-order valence-electron chi connectivity index (χ1n) is 9.88. The summed E-state index contributed by atoms with van der Waals surface area (Å²) in [7, 11) is 0. The normalized spacial score (nSPS) is 13.7. The van der Waals surface area contributed by atoms with Crippen LogP contribution in [0, 0.1) is 0 Å². The van der Waals surface area contributed by atoms with Gasteiger partial charge >= 0.3 is 0 Å². The van der Waals surface area contributed by atoms with E-state index in [9.17, 15) is 4.79 Å². The molecule has 0 radical (unpaired) electrons. The molecule has 1 aromatic heterocycles. The van der Waals surface area contributed by atoms with Crippen molar-refractivity contribution in [3.63, 3.8) is 0 Å². The van der Waals surface area contributed by atoms with Crippen LogP contribution in [-0.4, -0.2) is 29.0 Å². The number of hydrogen-bond donors (Lipinski definition) is 2. The lowest BCUT2D eigenvalue weighted by Crippen LogP contribution is -2.26. The van der Waals surface area contributed by atoms with Crippen molar-refractivity contribution in [1.82, 2.24) is 15.3 Å². The SMILES string of the molecule is O=C(NCCCc1ccccc1)c1ccnc(NCCC2=CCCCC2)n1. The molecule has 2 N–H and O–H groups in total. The summed E-state index contributed by atoms with van der Waals surface area (Å²) in [6.07, 6.45) is 11.9. The molecule has 1 amide bonds. The van der Waals surface area contributed by atoms with Crippen molar-refractivity contribution in [3.8, 4) is 0 Å². The molecule has 1 aromatic carbocycles. The number of anilines is 1. The predicted molar refractivity (Wildman–Crippen MR) is 109 cm³/mol. The molecule has 0 bridgehead atoms. The monoisotopic (exact) mass is 364 g/mol. The van der Waals surface area contributed by atoms with Crippen LogP contribution in [0.3, 0.4) is 0 Å². The quantitative estimate of drug-likeness (QED) is 0.518. The number of benzene rings is 1. The molecule has 0 saturated heterocycles. The average molecular weight is 364 g/mol. The minimum Gasteiger partial charge on any atom is -0.354 e. The Balaban J connectivity index is 1.40. The van der Waals surface area contributed by atoms with Crippen molar-refractivity contribution in [1.29, 1.82) is 0 Å². The van der Waals surface area contributed by atoms with E-state index in [0.717, 1.165) is 25.8 Å². The van der Waals surface area contributed by atoms with E-state index in [4.69, 9.17) is 0 Å². The molecule has 1 heterocycles. The Labute approximate surface area is 161 Å². The molecular weight excluding hydrogens is 336 g/mol. The van der Waals surface area contributed by atoms with Gasteiger partial charge in [-0.05, 0) is 56.6 Å². The number of aryl methyl sites for hydroxylation is 1. The lowest BCUT2D eigenvalue weighted by Gasteiger charge is -2.13. The third-order valence-corrected chi connectivity index (χ3v) is 4.77. The summed E-state index contributed by atoms with van der Waals surface area (Å²) in [5, 5.41) is 6.17. The van der Waals surface area contributed by atoms with Gasteiger partial charge in [-0.2, -0.15) is 0 Å². The maximum Gasteiger partial charge on any atom is 0.270 e. The predicted octanol–water partition coefficient (Wildman–Crippen LogP) is 4.14. The lowest BCUT2D eigenvalue weighted by atomic mass is 9.97. The van der Waals surface area contributed by atoms with E-state index >= 15 is 0 Å². The van der Waals surface area contributed by atoms with Gasteiger partial charge in [-0.1, -0.05) is 42.0 Å². The summed E-state index contributed by atoms with van der Waals surface area (Å²) in [6.45, 7) is 1.43. The Hall–Kier alpha value is -2.69. The van der Waals surface area contributed by atoms with Gasteiger partial charge in [0.2, 0.25) is 5.95 Å². The Bertz CT molecular complexity index is 758. The number of nitrogens with one attached hydrogen (secondary N) is 2. The summed E-state index contributed by atoms with van der Waals surface area (Å²) in [5.41, 5.74) is 3.21. The molecule has 5 heteroatoms. The molecule has 27 heavy (non-hydrogen) atoms. The maximum absolute atomic E-state index is 12.3. The number of aromatic nitrogens is 2. The van der Waals surface area contributed by atoms with Gasteiger partial charge in [-0.15, -0.1) is 0 Å². The molecule has 0 unspecified atom stereocenters. The number of hydrogen-bond acceptors (Lipinski definition) is 4. The highest BCUT2D eigenvalue weighted by Crippen LogP contribution is 2.19. The van der Waals surface area contributed by atoms with Gasteiger partial charge < -0.3 is 10.6 Å². The largest absolute Gasteiger partial charge is 0.354 e. The smallest absolute Gasteiger partial charge is 0.270 e.